The van der Waals surface area contributed by atoms with Gasteiger partial charge in [0.25, 0.3) is 0 Å². The normalized spacial score (nSPS) is 11.1. The zero-order valence-electron chi connectivity index (χ0n) is 7.82. The molecule has 0 radical (unpaired) electrons. The predicted octanol–water partition coefficient (Wildman–Crippen LogP) is 1.92. The van der Waals surface area contributed by atoms with Crippen LogP contribution in [0, 0.1) is 0 Å². The van der Waals surface area contributed by atoms with Gasteiger partial charge in [0.1, 0.15) is 10.4 Å². The van der Waals surface area contributed by atoms with E-state index >= 15 is 0 Å². The number of rotatable bonds is 3. The average Bonchev–Trinajstić information content (AvgIpc) is 2.56. The highest BCUT2D eigenvalue weighted by molar-refractivity contribution is 9.10. The number of pyridine rings is 1. The van der Waals surface area contributed by atoms with Crippen molar-refractivity contribution in [1.82, 2.24) is 14.5 Å². The number of aliphatic hydroxyl groups excluding tert-OH is 1. The fourth-order valence-electron chi connectivity index (χ4n) is 1.50. The van der Waals surface area contributed by atoms with Gasteiger partial charge in [-0.1, -0.05) is 0 Å². The standard InChI is InChI=1S/C9H9BrClN3O/c10-8-3-6-7(5-12-8)14(1-2-15)9(4-11)13-6/h3,5,15H,1-2,4H2. The van der Waals surface area contributed by atoms with Crippen LogP contribution in [0.15, 0.2) is 16.9 Å². The van der Waals surface area contributed by atoms with Crippen molar-refractivity contribution >= 4 is 38.6 Å². The van der Waals surface area contributed by atoms with Crippen LogP contribution in [-0.2, 0) is 12.4 Å². The van der Waals surface area contributed by atoms with Crippen LogP contribution >= 0.6 is 27.5 Å². The van der Waals surface area contributed by atoms with E-state index in [1.165, 1.54) is 0 Å². The highest BCUT2D eigenvalue weighted by Gasteiger charge is 2.09. The molecular weight excluding hydrogens is 281 g/mol. The predicted molar refractivity (Wildman–Crippen MR) is 61.9 cm³/mol. The van der Waals surface area contributed by atoms with Crippen LogP contribution < -0.4 is 0 Å². The number of aromatic nitrogens is 3. The van der Waals surface area contributed by atoms with E-state index in [1.54, 1.807) is 6.20 Å². The molecule has 80 valence electrons. The van der Waals surface area contributed by atoms with Crippen molar-refractivity contribution in [3.05, 3.63) is 22.7 Å². The summed E-state index contributed by atoms with van der Waals surface area (Å²) in [5, 5.41) is 8.95. The lowest BCUT2D eigenvalue weighted by molar-refractivity contribution is 0.276. The molecule has 0 unspecified atom stereocenters. The maximum atomic E-state index is 8.95. The molecule has 0 bridgehead atoms. The van der Waals surface area contributed by atoms with Gasteiger partial charge < -0.3 is 9.67 Å². The highest BCUT2D eigenvalue weighted by atomic mass is 79.9. The zero-order valence-corrected chi connectivity index (χ0v) is 10.2. The molecule has 15 heavy (non-hydrogen) atoms. The van der Waals surface area contributed by atoms with Gasteiger partial charge in [0.2, 0.25) is 0 Å². The number of halogens is 2. The Morgan fingerprint density at radius 1 is 1.53 bits per heavy atom. The minimum Gasteiger partial charge on any atom is -0.395 e. The van der Waals surface area contributed by atoms with Gasteiger partial charge in [0.05, 0.1) is 29.7 Å². The maximum Gasteiger partial charge on any atom is 0.124 e. The Bertz CT molecular complexity index is 485. The fraction of sp³-hybridized carbons (Fsp3) is 0.333. The molecule has 2 heterocycles. The first-order valence-corrected chi connectivity index (χ1v) is 5.76. The van der Waals surface area contributed by atoms with Crippen molar-refractivity contribution in [2.75, 3.05) is 6.61 Å². The molecule has 0 aliphatic carbocycles. The first kappa shape index (κ1) is 10.9. The molecule has 0 aliphatic rings. The van der Waals surface area contributed by atoms with Crippen LogP contribution in [-0.4, -0.2) is 26.2 Å². The van der Waals surface area contributed by atoms with Gasteiger partial charge in [0.15, 0.2) is 0 Å². The summed E-state index contributed by atoms with van der Waals surface area (Å²) in [5.74, 6) is 1.08. The average molecular weight is 291 g/mol. The van der Waals surface area contributed by atoms with E-state index in [9.17, 15) is 0 Å². The molecule has 0 saturated carbocycles. The highest BCUT2D eigenvalue weighted by Crippen LogP contribution is 2.19. The summed E-state index contributed by atoms with van der Waals surface area (Å²) >= 11 is 9.07. The minimum atomic E-state index is 0.0609. The van der Waals surface area contributed by atoms with Crippen molar-refractivity contribution in [3.8, 4) is 0 Å². The summed E-state index contributed by atoms with van der Waals surface area (Å²) in [6, 6.07) is 1.83. The molecule has 6 heteroatoms. The smallest absolute Gasteiger partial charge is 0.124 e. The second kappa shape index (κ2) is 4.47. The Labute approximate surface area is 100 Å². The lowest BCUT2D eigenvalue weighted by Crippen LogP contribution is -2.05. The second-order valence-corrected chi connectivity index (χ2v) is 4.11. The molecule has 4 nitrogen and oxygen atoms in total. The van der Waals surface area contributed by atoms with Crippen LogP contribution in [0.3, 0.4) is 0 Å². The molecule has 2 aromatic rings. The number of fused-ring (bicyclic) bond motifs is 1. The van der Waals surface area contributed by atoms with E-state index in [1.807, 2.05) is 10.6 Å². The molecule has 0 aromatic carbocycles. The van der Waals surface area contributed by atoms with Gasteiger partial charge in [0, 0.05) is 6.54 Å². The van der Waals surface area contributed by atoms with Gasteiger partial charge >= 0.3 is 0 Å². The number of aliphatic hydroxyl groups is 1. The molecular formula is C9H9BrClN3O. The number of alkyl halides is 1. The summed E-state index contributed by atoms with van der Waals surface area (Å²) in [6.07, 6.45) is 1.72. The lowest BCUT2D eigenvalue weighted by atomic mass is 10.4. The van der Waals surface area contributed by atoms with E-state index in [2.05, 4.69) is 25.9 Å². The van der Waals surface area contributed by atoms with E-state index in [4.69, 9.17) is 16.7 Å². The number of hydrogen-bond acceptors (Lipinski definition) is 3. The van der Waals surface area contributed by atoms with E-state index in [0.29, 0.717) is 12.4 Å². The number of nitrogens with zero attached hydrogens (tertiary/aromatic N) is 3. The molecule has 0 atom stereocenters. The van der Waals surface area contributed by atoms with Gasteiger partial charge in [-0.25, -0.2) is 9.97 Å². The van der Waals surface area contributed by atoms with Crippen molar-refractivity contribution in [2.24, 2.45) is 0 Å². The third-order valence-corrected chi connectivity index (χ3v) is 2.80. The quantitative estimate of drug-likeness (QED) is 0.694. The van der Waals surface area contributed by atoms with Crippen molar-refractivity contribution in [2.45, 2.75) is 12.4 Å². The summed E-state index contributed by atoms with van der Waals surface area (Å²) in [6.45, 7) is 0.549. The molecule has 0 saturated heterocycles. The van der Waals surface area contributed by atoms with Gasteiger partial charge in [-0.2, -0.15) is 0 Å². The summed E-state index contributed by atoms with van der Waals surface area (Å²) in [5.41, 5.74) is 1.73. The number of hydrogen-bond donors (Lipinski definition) is 1. The second-order valence-electron chi connectivity index (χ2n) is 3.03. The largest absolute Gasteiger partial charge is 0.395 e. The Morgan fingerprint density at radius 3 is 3.00 bits per heavy atom. The topological polar surface area (TPSA) is 50.9 Å². The molecule has 1 N–H and O–H groups in total. The first-order valence-electron chi connectivity index (χ1n) is 4.43. The Kier molecular flexibility index (Phi) is 3.23. The number of imidazole rings is 1. The molecule has 0 spiro atoms. The molecule has 0 amide bonds. The van der Waals surface area contributed by atoms with E-state index in [-0.39, 0.29) is 6.61 Å². The Balaban J connectivity index is 2.63. The minimum absolute atomic E-state index is 0.0609. The van der Waals surface area contributed by atoms with Gasteiger partial charge in [-0.05, 0) is 22.0 Å². The maximum absolute atomic E-state index is 8.95. The first-order chi connectivity index (χ1) is 7.26. The van der Waals surface area contributed by atoms with Crippen LogP contribution in [0.2, 0.25) is 0 Å². The fourth-order valence-corrected chi connectivity index (χ4v) is 2.02. The monoisotopic (exact) mass is 289 g/mol. The van der Waals surface area contributed by atoms with Crippen LogP contribution in [0.5, 0.6) is 0 Å². The van der Waals surface area contributed by atoms with Crippen LogP contribution in [0.25, 0.3) is 11.0 Å². The summed E-state index contributed by atoms with van der Waals surface area (Å²) < 4.78 is 2.62. The van der Waals surface area contributed by atoms with Crippen molar-refractivity contribution in [3.63, 3.8) is 0 Å². The van der Waals surface area contributed by atoms with Gasteiger partial charge in [-0.15, -0.1) is 11.6 Å². The lowest BCUT2D eigenvalue weighted by Gasteiger charge is -2.03. The Hall–Kier alpha value is -0.650. The zero-order chi connectivity index (χ0) is 10.8. The van der Waals surface area contributed by atoms with Crippen LogP contribution in [0.1, 0.15) is 5.82 Å². The molecule has 0 fully saturated rings. The SMILES string of the molecule is OCCn1c(CCl)nc2cc(Br)ncc21. The van der Waals surface area contributed by atoms with Crippen molar-refractivity contribution in [1.29, 1.82) is 0 Å². The van der Waals surface area contributed by atoms with Crippen LogP contribution in [0.4, 0.5) is 0 Å². The molecule has 2 rings (SSSR count). The van der Waals surface area contributed by atoms with Gasteiger partial charge in [-0.3, -0.25) is 0 Å². The third-order valence-electron chi connectivity index (χ3n) is 2.12. The third kappa shape index (κ3) is 2.00. The molecule has 2 aromatic heterocycles. The summed E-state index contributed by atoms with van der Waals surface area (Å²) in [7, 11) is 0. The molecule has 0 aliphatic heterocycles. The van der Waals surface area contributed by atoms with Crippen molar-refractivity contribution < 1.29 is 5.11 Å². The Morgan fingerprint density at radius 2 is 2.33 bits per heavy atom. The van der Waals surface area contributed by atoms with E-state index < -0.39 is 0 Å². The summed E-state index contributed by atoms with van der Waals surface area (Å²) in [4.78, 5) is 8.49. The van der Waals surface area contributed by atoms with E-state index in [0.717, 1.165) is 21.5 Å².